The fraction of sp³-hybridized carbons (Fsp3) is 0.436. The monoisotopic (exact) mass is 739 g/mol. The number of nitrogens with one attached hydrogen (secondary N) is 2. The van der Waals surface area contributed by atoms with E-state index in [9.17, 15) is 14.4 Å². The van der Waals surface area contributed by atoms with Gasteiger partial charge in [-0.05, 0) is 126 Å². The number of fused-ring (bicyclic) bond motifs is 1. The van der Waals surface area contributed by atoms with E-state index < -0.39 is 29.5 Å². The lowest BCUT2D eigenvalue weighted by molar-refractivity contribution is -0.126. The molecule has 0 saturated heterocycles. The van der Waals surface area contributed by atoms with Crippen LogP contribution in [-0.4, -0.2) is 54.4 Å². The zero-order valence-corrected chi connectivity index (χ0v) is 31.5. The van der Waals surface area contributed by atoms with Gasteiger partial charge in [0, 0.05) is 29.4 Å². The Kier molecular flexibility index (Phi) is 13.8. The number of ether oxygens (including phenoxy) is 4. The molecule has 0 saturated carbocycles. The van der Waals surface area contributed by atoms with Crippen molar-refractivity contribution in [3.63, 3.8) is 0 Å². The summed E-state index contributed by atoms with van der Waals surface area (Å²) >= 11 is 12.5. The van der Waals surface area contributed by atoms with E-state index in [1.165, 1.54) is 0 Å². The van der Waals surface area contributed by atoms with Gasteiger partial charge in [-0.2, -0.15) is 0 Å². The molecule has 2 unspecified atom stereocenters. The number of rotatable bonds is 10. The highest BCUT2D eigenvalue weighted by atomic mass is 35.5. The SMILES string of the molecule is CC(C)(C)OC(=O)NC(=NCCc1ccc(OCCC2Oc3ccc(Cl)cc3C(CCc3cccc(Cl)c3)CC2=O)cc1)NC(=O)OC(C)(C)C. The fourth-order valence-electron chi connectivity index (χ4n) is 5.40. The quantitative estimate of drug-likeness (QED) is 0.157. The topological polar surface area (TPSA) is 125 Å². The van der Waals surface area contributed by atoms with Crippen molar-refractivity contribution >= 4 is 47.1 Å². The van der Waals surface area contributed by atoms with E-state index in [4.69, 9.17) is 42.1 Å². The van der Waals surface area contributed by atoms with Crippen LogP contribution in [0.3, 0.4) is 0 Å². The van der Waals surface area contributed by atoms with Gasteiger partial charge >= 0.3 is 12.2 Å². The minimum absolute atomic E-state index is 0.0274. The maximum Gasteiger partial charge on any atom is 0.414 e. The van der Waals surface area contributed by atoms with Gasteiger partial charge in [-0.3, -0.25) is 20.4 Å². The summed E-state index contributed by atoms with van der Waals surface area (Å²) in [4.78, 5) is 42.4. The van der Waals surface area contributed by atoms with E-state index in [1.807, 2.05) is 60.7 Å². The average Bonchev–Trinajstić information content (AvgIpc) is 3.14. The number of hydrogen-bond acceptors (Lipinski definition) is 8. The molecule has 3 aromatic carbocycles. The molecule has 4 rings (SSSR count). The van der Waals surface area contributed by atoms with Gasteiger partial charge in [-0.15, -0.1) is 0 Å². The van der Waals surface area contributed by atoms with Crippen LogP contribution in [0.4, 0.5) is 9.59 Å². The Morgan fingerprint density at radius 3 is 2.10 bits per heavy atom. The molecule has 0 aliphatic carbocycles. The number of ketones is 1. The van der Waals surface area contributed by atoms with E-state index in [-0.39, 0.29) is 30.8 Å². The number of benzene rings is 3. The lowest BCUT2D eigenvalue weighted by Gasteiger charge is -2.22. The molecule has 0 aromatic heterocycles. The molecule has 0 spiro atoms. The number of carbonyl (C=O) groups is 3. The van der Waals surface area contributed by atoms with Crippen molar-refractivity contribution in [2.45, 2.75) is 96.9 Å². The molecule has 2 amide bonds. The first-order valence-corrected chi connectivity index (χ1v) is 17.8. The number of nitrogens with zero attached hydrogens (tertiary/aromatic N) is 1. The standard InChI is InChI=1S/C39H47Cl2N3O7/c1-38(2,3)50-36(46)43-35(44-37(47)51-39(4,5)6)42-20-18-25-11-15-30(16-12-25)48-21-19-34-32(45)23-27(13-10-26-8-7-9-28(40)22-26)31-24-29(41)14-17-33(31)49-34/h7-9,11-12,14-17,22,24,27,34H,10,13,18-21,23H2,1-6H3,(H2,42,43,44,46,47). The Morgan fingerprint density at radius 2 is 1.47 bits per heavy atom. The van der Waals surface area contributed by atoms with Crippen LogP contribution in [0.15, 0.2) is 71.7 Å². The number of halogens is 2. The predicted octanol–water partition coefficient (Wildman–Crippen LogP) is 8.85. The summed E-state index contributed by atoms with van der Waals surface area (Å²) in [6.45, 7) is 11.0. The lowest BCUT2D eigenvalue weighted by Crippen LogP contribution is -2.47. The molecule has 3 aromatic rings. The Bertz CT molecular complexity index is 1670. The third-order valence-electron chi connectivity index (χ3n) is 7.64. The second kappa shape index (κ2) is 17.8. The molecule has 1 aliphatic heterocycles. The van der Waals surface area contributed by atoms with Crippen molar-refractivity contribution in [1.29, 1.82) is 0 Å². The van der Waals surface area contributed by atoms with Crippen LogP contribution >= 0.6 is 23.2 Å². The molecule has 10 nitrogen and oxygen atoms in total. The van der Waals surface area contributed by atoms with Gasteiger partial charge in [0.15, 0.2) is 11.9 Å². The molecular formula is C39H47Cl2N3O7. The smallest absolute Gasteiger partial charge is 0.414 e. The normalized spacial score (nSPS) is 15.8. The molecule has 0 bridgehead atoms. The van der Waals surface area contributed by atoms with E-state index >= 15 is 0 Å². The second-order valence-electron chi connectivity index (χ2n) is 14.3. The van der Waals surface area contributed by atoms with Crippen LogP contribution < -0.4 is 20.1 Å². The van der Waals surface area contributed by atoms with Crippen LogP contribution in [0.5, 0.6) is 11.5 Å². The Morgan fingerprint density at radius 1 is 0.824 bits per heavy atom. The van der Waals surface area contributed by atoms with Gasteiger partial charge in [-0.25, -0.2) is 9.59 Å². The third kappa shape index (κ3) is 13.8. The van der Waals surface area contributed by atoms with Crippen molar-refractivity contribution in [2.75, 3.05) is 13.2 Å². The van der Waals surface area contributed by atoms with Crippen LogP contribution in [0.2, 0.25) is 10.0 Å². The van der Waals surface area contributed by atoms with Crippen molar-refractivity contribution in [1.82, 2.24) is 10.6 Å². The highest BCUT2D eigenvalue weighted by Crippen LogP contribution is 2.39. The lowest BCUT2D eigenvalue weighted by atomic mass is 9.87. The fourth-order valence-corrected chi connectivity index (χ4v) is 5.80. The summed E-state index contributed by atoms with van der Waals surface area (Å²) < 4.78 is 22.8. The number of Topliss-reactive ketones (excluding diaryl/α,β-unsaturated/α-hetero) is 1. The Balaban J connectivity index is 1.31. The molecule has 51 heavy (non-hydrogen) atoms. The minimum Gasteiger partial charge on any atom is -0.493 e. The first-order valence-electron chi connectivity index (χ1n) is 17.0. The number of guanidine groups is 1. The van der Waals surface area contributed by atoms with Crippen LogP contribution in [0, 0.1) is 0 Å². The molecule has 0 radical (unpaired) electrons. The summed E-state index contributed by atoms with van der Waals surface area (Å²) in [7, 11) is 0. The maximum absolute atomic E-state index is 13.4. The van der Waals surface area contributed by atoms with Crippen molar-refractivity contribution in [3.8, 4) is 11.5 Å². The van der Waals surface area contributed by atoms with Gasteiger partial charge in [0.05, 0.1) is 6.61 Å². The first kappa shape index (κ1) is 39.5. The third-order valence-corrected chi connectivity index (χ3v) is 8.11. The molecular weight excluding hydrogens is 693 g/mol. The van der Waals surface area contributed by atoms with Crippen LogP contribution in [0.25, 0.3) is 0 Å². The number of aliphatic imine (C=N–C) groups is 1. The van der Waals surface area contributed by atoms with Crippen molar-refractivity contribution in [3.05, 3.63) is 93.5 Å². The maximum atomic E-state index is 13.4. The van der Waals surface area contributed by atoms with Gasteiger partial charge < -0.3 is 18.9 Å². The van der Waals surface area contributed by atoms with E-state index in [0.717, 1.165) is 29.5 Å². The molecule has 274 valence electrons. The molecule has 2 N–H and O–H groups in total. The zero-order chi connectivity index (χ0) is 37.2. The zero-order valence-electron chi connectivity index (χ0n) is 30.0. The van der Waals surface area contributed by atoms with Gasteiger partial charge in [-0.1, -0.05) is 47.5 Å². The van der Waals surface area contributed by atoms with Crippen molar-refractivity contribution < 1.29 is 33.3 Å². The summed E-state index contributed by atoms with van der Waals surface area (Å²) in [6.07, 6.45) is 0.625. The molecule has 2 atom stereocenters. The number of carbonyl (C=O) groups excluding carboxylic acids is 3. The Labute approximate surface area is 310 Å². The summed E-state index contributed by atoms with van der Waals surface area (Å²) in [5, 5.41) is 6.25. The number of amides is 2. The molecule has 0 fully saturated rings. The second-order valence-corrected chi connectivity index (χ2v) is 15.2. The predicted molar refractivity (Wildman–Crippen MR) is 199 cm³/mol. The number of hydrogen-bond donors (Lipinski definition) is 2. The van der Waals surface area contributed by atoms with E-state index in [0.29, 0.717) is 40.8 Å². The summed E-state index contributed by atoms with van der Waals surface area (Å²) in [5.74, 6) is 1.23. The van der Waals surface area contributed by atoms with Crippen molar-refractivity contribution in [2.24, 2.45) is 4.99 Å². The van der Waals surface area contributed by atoms with Crippen LogP contribution in [-0.2, 0) is 27.1 Å². The molecule has 1 aliphatic rings. The van der Waals surface area contributed by atoms with Crippen LogP contribution in [0.1, 0.15) is 83.4 Å². The molecule has 12 heteroatoms. The van der Waals surface area contributed by atoms with Gasteiger partial charge in [0.25, 0.3) is 0 Å². The highest BCUT2D eigenvalue weighted by molar-refractivity contribution is 6.31. The Hall–Kier alpha value is -4.28. The number of aryl methyl sites for hydroxylation is 1. The highest BCUT2D eigenvalue weighted by Gasteiger charge is 2.31. The number of alkyl carbamates (subject to hydrolysis) is 2. The largest absolute Gasteiger partial charge is 0.493 e. The first-order chi connectivity index (χ1) is 24.0. The average molecular weight is 741 g/mol. The summed E-state index contributed by atoms with van der Waals surface area (Å²) in [5.41, 5.74) is 1.55. The molecule has 1 heterocycles. The minimum atomic E-state index is -0.753. The van der Waals surface area contributed by atoms with E-state index in [2.05, 4.69) is 15.6 Å². The van der Waals surface area contributed by atoms with Gasteiger partial charge in [0.2, 0.25) is 5.96 Å². The van der Waals surface area contributed by atoms with E-state index in [1.54, 1.807) is 47.6 Å². The summed E-state index contributed by atoms with van der Waals surface area (Å²) in [6, 6.07) is 20.8. The van der Waals surface area contributed by atoms with Gasteiger partial charge in [0.1, 0.15) is 22.7 Å².